The fourth-order valence-corrected chi connectivity index (χ4v) is 3.11. The second-order valence-electron chi connectivity index (χ2n) is 5.31. The molecule has 104 valence electrons. The summed E-state index contributed by atoms with van der Waals surface area (Å²) < 4.78 is 27.8. The summed E-state index contributed by atoms with van der Waals surface area (Å²) in [6, 6.07) is 11.4. The van der Waals surface area contributed by atoms with Crippen LogP contribution in [0.1, 0.15) is 11.1 Å². The zero-order valence-electron chi connectivity index (χ0n) is 10.8. The summed E-state index contributed by atoms with van der Waals surface area (Å²) in [7, 11) is 0. The average Bonchev–Trinajstić information content (AvgIpc) is 2.38. The minimum absolute atomic E-state index is 0.154. The molecular formula is C16H14BrF2N. The van der Waals surface area contributed by atoms with Crippen molar-refractivity contribution in [3.63, 3.8) is 0 Å². The van der Waals surface area contributed by atoms with E-state index in [2.05, 4.69) is 21.2 Å². The van der Waals surface area contributed by atoms with Crippen LogP contribution in [0.3, 0.4) is 0 Å². The molecule has 2 aromatic carbocycles. The second kappa shape index (κ2) is 5.26. The van der Waals surface area contributed by atoms with Gasteiger partial charge >= 0.3 is 0 Å². The lowest BCUT2D eigenvalue weighted by Crippen LogP contribution is -2.58. The molecule has 3 rings (SSSR count). The molecule has 1 aliphatic rings. The third kappa shape index (κ3) is 2.50. The summed E-state index contributed by atoms with van der Waals surface area (Å²) in [6.45, 7) is 1.55. The molecule has 1 heterocycles. The van der Waals surface area contributed by atoms with Gasteiger partial charge in [-0.3, -0.25) is 0 Å². The minimum Gasteiger partial charge on any atom is -0.315 e. The summed E-state index contributed by atoms with van der Waals surface area (Å²) in [4.78, 5) is 0. The maximum absolute atomic E-state index is 13.5. The van der Waals surface area contributed by atoms with Crippen molar-refractivity contribution in [3.05, 3.63) is 69.7 Å². The van der Waals surface area contributed by atoms with Gasteiger partial charge in [0.1, 0.15) is 11.6 Å². The van der Waals surface area contributed by atoms with Crippen molar-refractivity contribution in [3.8, 4) is 0 Å². The molecule has 1 fully saturated rings. The molecule has 0 saturated carbocycles. The summed E-state index contributed by atoms with van der Waals surface area (Å²) in [6.07, 6.45) is 0.682. The Kier molecular flexibility index (Phi) is 3.61. The highest BCUT2D eigenvalue weighted by atomic mass is 79.9. The Labute approximate surface area is 125 Å². The normalized spacial score (nSPS) is 16.8. The Morgan fingerprint density at radius 3 is 2.45 bits per heavy atom. The van der Waals surface area contributed by atoms with Crippen LogP contribution < -0.4 is 5.32 Å². The van der Waals surface area contributed by atoms with Crippen LogP contribution in [-0.4, -0.2) is 13.1 Å². The number of nitrogens with one attached hydrogen (secondary N) is 1. The third-order valence-corrected chi connectivity index (χ3v) is 4.67. The van der Waals surface area contributed by atoms with Crippen LogP contribution in [0.4, 0.5) is 8.78 Å². The van der Waals surface area contributed by atoms with E-state index in [1.807, 2.05) is 6.07 Å². The molecule has 0 radical (unpaired) electrons. The first kappa shape index (κ1) is 13.7. The predicted octanol–water partition coefficient (Wildman–Crippen LogP) is 3.81. The molecule has 0 bridgehead atoms. The van der Waals surface area contributed by atoms with E-state index in [0.29, 0.717) is 6.42 Å². The zero-order valence-corrected chi connectivity index (χ0v) is 12.4. The fraction of sp³-hybridized carbons (Fsp3) is 0.250. The number of halogens is 3. The van der Waals surface area contributed by atoms with Crippen LogP contribution in [0.15, 0.2) is 46.9 Å². The van der Waals surface area contributed by atoms with Crippen molar-refractivity contribution in [2.24, 2.45) is 0 Å². The molecule has 0 amide bonds. The van der Waals surface area contributed by atoms with Gasteiger partial charge in [-0.1, -0.05) is 28.1 Å². The Morgan fingerprint density at radius 2 is 1.80 bits per heavy atom. The van der Waals surface area contributed by atoms with E-state index < -0.39 is 0 Å². The van der Waals surface area contributed by atoms with Crippen molar-refractivity contribution >= 4 is 15.9 Å². The van der Waals surface area contributed by atoms with E-state index in [1.165, 1.54) is 12.1 Å². The molecule has 0 aromatic heterocycles. The summed E-state index contributed by atoms with van der Waals surface area (Å²) >= 11 is 3.46. The van der Waals surface area contributed by atoms with Crippen LogP contribution in [0.2, 0.25) is 0 Å². The van der Waals surface area contributed by atoms with Gasteiger partial charge in [0.2, 0.25) is 0 Å². The number of hydrogen-bond donors (Lipinski definition) is 1. The molecule has 1 saturated heterocycles. The molecule has 0 atom stereocenters. The summed E-state index contributed by atoms with van der Waals surface area (Å²) in [5.41, 5.74) is 1.72. The van der Waals surface area contributed by atoms with E-state index in [4.69, 9.17) is 0 Å². The van der Waals surface area contributed by atoms with Crippen molar-refractivity contribution < 1.29 is 8.78 Å². The van der Waals surface area contributed by atoms with E-state index in [9.17, 15) is 8.78 Å². The van der Waals surface area contributed by atoms with Crippen molar-refractivity contribution in [1.29, 1.82) is 0 Å². The molecule has 0 aliphatic carbocycles. The zero-order chi connectivity index (χ0) is 14.2. The first-order valence-electron chi connectivity index (χ1n) is 6.50. The highest BCUT2D eigenvalue weighted by molar-refractivity contribution is 9.10. The second-order valence-corrected chi connectivity index (χ2v) is 6.16. The quantitative estimate of drug-likeness (QED) is 0.897. The van der Waals surface area contributed by atoms with Gasteiger partial charge in [-0.15, -0.1) is 0 Å². The lowest BCUT2D eigenvalue weighted by Gasteiger charge is -2.43. The van der Waals surface area contributed by atoms with Gasteiger partial charge in [0.15, 0.2) is 0 Å². The van der Waals surface area contributed by atoms with E-state index in [0.717, 1.165) is 28.7 Å². The predicted molar refractivity (Wildman–Crippen MR) is 78.8 cm³/mol. The largest absolute Gasteiger partial charge is 0.315 e. The van der Waals surface area contributed by atoms with Crippen molar-refractivity contribution in [1.82, 2.24) is 5.32 Å². The van der Waals surface area contributed by atoms with Crippen LogP contribution in [-0.2, 0) is 11.8 Å². The molecule has 0 unspecified atom stereocenters. The van der Waals surface area contributed by atoms with Crippen molar-refractivity contribution in [2.45, 2.75) is 11.8 Å². The molecule has 4 heteroatoms. The van der Waals surface area contributed by atoms with Gasteiger partial charge in [-0.05, 0) is 47.9 Å². The van der Waals surface area contributed by atoms with E-state index in [-0.39, 0.29) is 17.0 Å². The van der Waals surface area contributed by atoms with Gasteiger partial charge in [-0.2, -0.15) is 0 Å². The van der Waals surface area contributed by atoms with Gasteiger partial charge in [0, 0.05) is 23.0 Å². The van der Waals surface area contributed by atoms with E-state index >= 15 is 0 Å². The molecule has 2 aromatic rings. The Morgan fingerprint density at radius 1 is 1.05 bits per heavy atom. The molecule has 1 aliphatic heterocycles. The third-order valence-electron chi connectivity index (χ3n) is 3.90. The Bertz CT molecular complexity index is 638. The average molecular weight is 338 g/mol. The number of hydrogen-bond acceptors (Lipinski definition) is 1. The smallest absolute Gasteiger partial charge is 0.123 e. The lowest BCUT2D eigenvalue weighted by atomic mass is 9.71. The number of benzene rings is 2. The highest BCUT2D eigenvalue weighted by Crippen LogP contribution is 2.35. The Hall–Kier alpha value is -1.26. The SMILES string of the molecule is Fc1cccc(C2(Cc3cc(F)ccc3Br)CNC2)c1. The standard InChI is InChI=1S/C16H14BrF2N/c17-15-5-4-14(19)6-11(15)8-16(9-20-10-16)12-2-1-3-13(18)7-12/h1-7,20H,8-10H2. The van der Waals surface area contributed by atoms with Gasteiger partial charge in [-0.25, -0.2) is 8.78 Å². The molecule has 0 spiro atoms. The van der Waals surface area contributed by atoms with Gasteiger partial charge < -0.3 is 5.32 Å². The lowest BCUT2D eigenvalue weighted by molar-refractivity contribution is 0.273. The molecule has 1 N–H and O–H groups in total. The summed E-state index contributed by atoms with van der Waals surface area (Å²) in [5.74, 6) is -0.475. The van der Waals surface area contributed by atoms with Crippen molar-refractivity contribution in [2.75, 3.05) is 13.1 Å². The fourth-order valence-electron chi connectivity index (χ4n) is 2.72. The number of rotatable bonds is 3. The maximum Gasteiger partial charge on any atom is 0.123 e. The van der Waals surface area contributed by atoms with Crippen LogP contribution in [0.5, 0.6) is 0 Å². The van der Waals surface area contributed by atoms with E-state index in [1.54, 1.807) is 24.3 Å². The Balaban J connectivity index is 1.96. The van der Waals surface area contributed by atoms with Gasteiger partial charge in [0.25, 0.3) is 0 Å². The topological polar surface area (TPSA) is 12.0 Å². The summed E-state index contributed by atoms with van der Waals surface area (Å²) in [5, 5.41) is 3.24. The van der Waals surface area contributed by atoms with Crippen LogP contribution in [0, 0.1) is 11.6 Å². The monoisotopic (exact) mass is 337 g/mol. The van der Waals surface area contributed by atoms with Gasteiger partial charge in [0.05, 0.1) is 0 Å². The first-order valence-corrected chi connectivity index (χ1v) is 7.29. The maximum atomic E-state index is 13.5. The molecular weight excluding hydrogens is 324 g/mol. The highest BCUT2D eigenvalue weighted by Gasteiger charge is 2.39. The minimum atomic E-state index is -0.245. The van der Waals surface area contributed by atoms with Crippen LogP contribution >= 0.6 is 15.9 Å². The van der Waals surface area contributed by atoms with Crippen LogP contribution in [0.25, 0.3) is 0 Å². The molecule has 1 nitrogen and oxygen atoms in total. The molecule has 20 heavy (non-hydrogen) atoms. The first-order chi connectivity index (χ1) is 9.59.